The Bertz CT molecular complexity index is 756. The Hall–Kier alpha value is -2.37. The fourth-order valence-corrected chi connectivity index (χ4v) is 3.49. The van der Waals surface area contributed by atoms with Gasteiger partial charge in [-0.2, -0.15) is 0 Å². The zero-order valence-corrected chi connectivity index (χ0v) is 13.4. The molecule has 0 spiro atoms. The molecule has 24 heavy (non-hydrogen) atoms. The van der Waals surface area contributed by atoms with Crippen LogP contribution in [0.4, 0.5) is 4.39 Å². The highest BCUT2D eigenvalue weighted by Gasteiger charge is 2.27. The zero-order valence-electron chi connectivity index (χ0n) is 13.4. The molecule has 1 aromatic carbocycles. The van der Waals surface area contributed by atoms with E-state index < -0.39 is 5.97 Å². The summed E-state index contributed by atoms with van der Waals surface area (Å²) in [4.78, 5) is 28.4. The summed E-state index contributed by atoms with van der Waals surface area (Å²) in [5, 5.41) is 9.73. The second-order valence-electron chi connectivity index (χ2n) is 6.35. The van der Waals surface area contributed by atoms with Crippen LogP contribution in [0.5, 0.6) is 0 Å². The SMILES string of the molecule is O=C(O)CC[C@H]1CCCCN1C(=O)Cc1c[nH]c2cc(F)ccc12. The average molecular weight is 332 g/mol. The minimum absolute atomic E-state index is 0.00463. The number of aromatic nitrogens is 1. The summed E-state index contributed by atoms with van der Waals surface area (Å²) in [6.07, 6.45) is 5.42. The molecule has 1 amide bonds. The largest absolute Gasteiger partial charge is 0.481 e. The van der Waals surface area contributed by atoms with Gasteiger partial charge >= 0.3 is 5.97 Å². The van der Waals surface area contributed by atoms with Crippen molar-refractivity contribution >= 4 is 22.8 Å². The number of aliphatic carboxylic acids is 1. The molecule has 1 saturated heterocycles. The number of hydrogen-bond donors (Lipinski definition) is 2. The highest BCUT2D eigenvalue weighted by atomic mass is 19.1. The predicted octanol–water partition coefficient (Wildman–Crippen LogP) is 3.10. The molecular formula is C18H21FN2O3. The second kappa shape index (κ2) is 7.03. The first kappa shape index (κ1) is 16.5. The molecule has 1 aliphatic heterocycles. The molecular weight excluding hydrogens is 311 g/mol. The number of H-pyrrole nitrogens is 1. The van der Waals surface area contributed by atoms with Crippen LogP contribution in [0.15, 0.2) is 24.4 Å². The standard InChI is InChI=1S/C18H21FN2O3/c19-13-4-6-15-12(11-20-16(15)10-13)9-17(22)21-8-2-1-3-14(21)5-7-18(23)24/h4,6,10-11,14,20H,1-3,5,7-9H2,(H,23,24)/t14-/m1/s1. The number of carboxylic acid groups (broad SMARTS) is 1. The summed E-state index contributed by atoms with van der Waals surface area (Å²) in [5.74, 6) is -1.13. The van der Waals surface area contributed by atoms with Gasteiger partial charge in [-0.25, -0.2) is 4.39 Å². The summed E-state index contributed by atoms with van der Waals surface area (Å²) >= 11 is 0. The summed E-state index contributed by atoms with van der Waals surface area (Å²) in [5.41, 5.74) is 1.52. The third kappa shape index (κ3) is 3.58. The fourth-order valence-electron chi connectivity index (χ4n) is 3.49. The topological polar surface area (TPSA) is 73.4 Å². The van der Waals surface area contributed by atoms with Crippen LogP contribution in [-0.2, 0) is 16.0 Å². The number of piperidine rings is 1. The molecule has 0 aliphatic carbocycles. The highest BCUT2D eigenvalue weighted by molar-refractivity contribution is 5.89. The Morgan fingerprint density at radius 3 is 2.96 bits per heavy atom. The van der Waals surface area contributed by atoms with E-state index in [-0.39, 0.29) is 30.6 Å². The van der Waals surface area contributed by atoms with Crippen molar-refractivity contribution < 1.29 is 19.1 Å². The van der Waals surface area contributed by atoms with Gasteiger partial charge < -0.3 is 15.0 Å². The van der Waals surface area contributed by atoms with Crippen LogP contribution < -0.4 is 0 Å². The Morgan fingerprint density at radius 2 is 2.17 bits per heavy atom. The zero-order chi connectivity index (χ0) is 17.1. The number of halogens is 1. The van der Waals surface area contributed by atoms with Crippen molar-refractivity contribution in [1.29, 1.82) is 0 Å². The van der Waals surface area contributed by atoms with E-state index in [0.717, 1.165) is 30.2 Å². The van der Waals surface area contributed by atoms with Crippen LogP contribution in [0.1, 0.15) is 37.7 Å². The molecule has 1 aliphatic rings. The van der Waals surface area contributed by atoms with E-state index in [1.54, 1.807) is 12.3 Å². The van der Waals surface area contributed by atoms with Gasteiger partial charge in [-0.3, -0.25) is 9.59 Å². The van der Waals surface area contributed by atoms with Gasteiger partial charge in [0, 0.05) is 36.1 Å². The number of rotatable bonds is 5. The number of aromatic amines is 1. The summed E-state index contributed by atoms with van der Waals surface area (Å²) < 4.78 is 13.3. The van der Waals surface area contributed by atoms with Crippen molar-refractivity contribution in [1.82, 2.24) is 9.88 Å². The lowest BCUT2D eigenvalue weighted by molar-refractivity contribution is -0.139. The van der Waals surface area contributed by atoms with Crippen molar-refractivity contribution in [3.8, 4) is 0 Å². The summed E-state index contributed by atoms with van der Waals surface area (Å²) in [6, 6.07) is 4.49. The first-order chi connectivity index (χ1) is 11.5. The minimum Gasteiger partial charge on any atom is -0.481 e. The number of fused-ring (bicyclic) bond motifs is 1. The second-order valence-corrected chi connectivity index (χ2v) is 6.35. The fraction of sp³-hybridized carbons (Fsp3) is 0.444. The van der Waals surface area contributed by atoms with Crippen LogP contribution >= 0.6 is 0 Å². The third-order valence-electron chi connectivity index (χ3n) is 4.71. The van der Waals surface area contributed by atoms with E-state index in [9.17, 15) is 14.0 Å². The lowest BCUT2D eigenvalue weighted by Gasteiger charge is -2.35. The monoisotopic (exact) mass is 332 g/mol. The van der Waals surface area contributed by atoms with Crippen LogP contribution in [-0.4, -0.2) is 39.5 Å². The maximum absolute atomic E-state index is 13.3. The number of carbonyl (C=O) groups excluding carboxylic acids is 1. The van der Waals surface area contributed by atoms with E-state index in [1.165, 1.54) is 12.1 Å². The minimum atomic E-state index is -0.827. The average Bonchev–Trinajstić information content (AvgIpc) is 2.95. The molecule has 6 heteroatoms. The molecule has 5 nitrogen and oxygen atoms in total. The van der Waals surface area contributed by atoms with Crippen molar-refractivity contribution in [2.75, 3.05) is 6.54 Å². The number of likely N-dealkylation sites (tertiary alicyclic amines) is 1. The maximum atomic E-state index is 13.3. The first-order valence-corrected chi connectivity index (χ1v) is 8.31. The van der Waals surface area contributed by atoms with Gasteiger partial charge in [0.1, 0.15) is 5.82 Å². The van der Waals surface area contributed by atoms with Gasteiger partial charge in [-0.15, -0.1) is 0 Å². The lowest BCUT2D eigenvalue weighted by atomic mass is 9.97. The lowest BCUT2D eigenvalue weighted by Crippen LogP contribution is -2.44. The quantitative estimate of drug-likeness (QED) is 0.883. The molecule has 2 heterocycles. The van der Waals surface area contributed by atoms with E-state index >= 15 is 0 Å². The molecule has 1 fully saturated rings. The molecule has 0 saturated carbocycles. The molecule has 3 rings (SSSR count). The van der Waals surface area contributed by atoms with Crippen molar-refractivity contribution in [3.63, 3.8) is 0 Å². The van der Waals surface area contributed by atoms with E-state index in [2.05, 4.69) is 4.98 Å². The Kier molecular flexibility index (Phi) is 4.83. The summed E-state index contributed by atoms with van der Waals surface area (Å²) in [6.45, 7) is 0.681. The molecule has 0 unspecified atom stereocenters. The number of hydrogen-bond acceptors (Lipinski definition) is 2. The van der Waals surface area contributed by atoms with E-state index in [1.807, 2.05) is 4.90 Å². The highest BCUT2D eigenvalue weighted by Crippen LogP contribution is 2.24. The maximum Gasteiger partial charge on any atom is 0.303 e. The van der Waals surface area contributed by atoms with Gasteiger partial charge in [-0.1, -0.05) is 0 Å². The molecule has 0 bridgehead atoms. The number of benzene rings is 1. The number of carbonyl (C=O) groups is 2. The number of nitrogens with zero attached hydrogens (tertiary/aromatic N) is 1. The normalized spacial score (nSPS) is 18.0. The van der Waals surface area contributed by atoms with Gasteiger partial charge in [0.2, 0.25) is 5.91 Å². The van der Waals surface area contributed by atoms with Crippen molar-refractivity contribution in [2.24, 2.45) is 0 Å². The number of nitrogens with one attached hydrogen (secondary N) is 1. The van der Waals surface area contributed by atoms with Crippen molar-refractivity contribution in [2.45, 2.75) is 44.6 Å². The van der Waals surface area contributed by atoms with Crippen LogP contribution in [0, 0.1) is 5.82 Å². The molecule has 1 atom stereocenters. The van der Waals surface area contributed by atoms with E-state index in [4.69, 9.17) is 5.11 Å². The van der Waals surface area contributed by atoms with Crippen LogP contribution in [0.25, 0.3) is 10.9 Å². The van der Waals surface area contributed by atoms with E-state index in [0.29, 0.717) is 18.5 Å². The summed E-state index contributed by atoms with van der Waals surface area (Å²) in [7, 11) is 0. The van der Waals surface area contributed by atoms with Gasteiger partial charge in [0.05, 0.1) is 6.42 Å². The Labute approximate surface area is 139 Å². The molecule has 2 aromatic rings. The third-order valence-corrected chi connectivity index (χ3v) is 4.71. The number of carboxylic acids is 1. The van der Waals surface area contributed by atoms with Crippen LogP contribution in [0.2, 0.25) is 0 Å². The van der Waals surface area contributed by atoms with Crippen LogP contribution in [0.3, 0.4) is 0 Å². The van der Waals surface area contributed by atoms with Crippen molar-refractivity contribution in [3.05, 3.63) is 35.8 Å². The molecule has 128 valence electrons. The smallest absolute Gasteiger partial charge is 0.303 e. The molecule has 0 radical (unpaired) electrons. The molecule has 2 N–H and O–H groups in total. The van der Waals surface area contributed by atoms with Gasteiger partial charge in [0.25, 0.3) is 0 Å². The Balaban J connectivity index is 1.73. The van der Waals surface area contributed by atoms with Gasteiger partial charge in [0.15, 0.2) is 0 Å². The molecule has 1 aromatic heterocycles. The first-order valence-electron chi connectivity index (χ1n) is 8.31. The Morgan fingerprint density at radius 1 is 1.33 bits per heavy atom. The number of amides is 1. The predicted molar refractivity (Wildman–Crippen MR) is 88.2 cm³/mol. The van der Waals surface area contributed by atoms with Gasteiger partial charge in [-0.05, 0) is 49.4 Å².